The Balaban J connectivity index is 1.71. The van der Waals surface area contributed by atoms with Gasteiger partial charge in [0.05, 0.1) is 5.69 Å². The van der Waals surface area contributed by atoms with E-state index in [2.05, 4.69) is 29.1 Å². The van der Waals surface area contributed by atoms with Gasteiger partial charge >= 0.3 is 0 Å². The number of nitrogens with one attached hydrogen (secondary N) is 1. The summed E-state index contributed by atoms with van der Waals surface area (Å²) >= 11 is 0. The van der Waals surface area contributed by atoms with Crippen LogP contribution in [0.25, 0.3) is 11.3 Å². The molecule has 0 aliphatic rings. The van der Waals surface area contributed by atoms with E-state index < -0.39 is 0 Å². The lowest BCUT2D eigenvalue weighted by molar-refractivity contribution is 0.0951. The van der Waals surface area contributed by atoms with Crippen molar-refractivity contribution in [2.75, 3.05) is 6.54 Å². The van der Waals surface area contributed by atoms with Crippen LogP contribution < -0.4 is 10.1 Å². The molecule has 3 aromatic rings. The SMILES string of the molecule is CC(C)CCNC(=O)c1cccc(Oc2cc(-c3ccc(F)cc3)ncn2)c1. The van der Waals surface area contributed by atoms with Gasteiger partial charge in [0.1, 0.15) is 17.9 Å². The number of aromatic nitrogens is 2. The van der Waals surface area contributed by atoms with Crippen molar-refractivity contribution in [3.05, 3.63) is 72.3 Å². The van der Waals surface area contributed by atoms with E-state index in [0.717, 1.165) is 12.0 Å². The minimum Gasteiger partial charge on any atom is -0.439 e. The normalized spacial score (nSPS) is 10.7. The Bertz CT molecular complexity index is 943. The number of ether oxygens (including phenoxy) is 1. The molecular weight excluding hydrogens is 357 g/mol. The summed E-state index contributed by atoms with van der Waals surface area (Å²) < 4.78 is 18.9. The molecule has 0 bridgehead atoms. The van der Waals surface area contributed by atoms with E-state index in [4.69, 9.17) is 4.74 Å². The van der Waals surface area contributed by atoms with Gasteiger partial charge in [0, 0.05) is 23.7 Å². The number of carbonyl (C=O) groups is 1. The molecule has 0 saturated heterocycles. The fourth-order valence-electron chi connectivity index (χ4n) is 2.57. The zero-order valence-corrected chi connectivity index (χ0v) is 15.9. The van der Waals surface area contributed by atoms with Gasteiger partial charge in [-0.15, -0.1) is 0 Å². The third-order valence-electron chi connectivity index (χ3n) is 4.11. The molecular formula is C22H22FN3O2. The van der Waals surface area contributed by atoms with Crippen LogP contribution in [-0.4, -0.2) is 22.4 Å². The van der Waals surface area contributed by atoms with Gasteiger partial charge in [0.15, 0.2) is 0 Å². The second-order valence-electron chi connectivity index (χ2n) is 6.82. The molecule has 0 unspecified atom stereocenters. The van der Waals surface area contributed by atoms with Gasteiger partial charge in [-0.2, -0.15) is 0 Å². The molecule has 1 amide bonds. The maximum Gasteiger partial charge on any atom is 0.251 e. The fourth-order valence-corrected chi connectivity index (χ4v) is 2.57. The first-order valence-electron chi connectivity index (χ1n) is 9.15. The van der Waals surface area contributed by atoms with E-state index in [9.17, 15) is 9.18 Å². The van der Waals surface area contributed by atoms with Gasteiger partial charge in [0.2, 0.25) is 5.88 Å². The lowest BCUT2D eigenvalue weighted by Gasteiger charge is -2.09. The van der Waals surface area contributed by atoms with Crippen LogP contribution in [0.15, 0.2) is 60.9 Å². The largest absolute Gasteiger partial charge is 0.439 e. The number of rotatable bonds is 7. The van der Waals surface area contributed by atoms with Gasteiger partial charge in [-0.1, -0.05) is 19.9 Å². The minimum absolute atomic E-state index is 0.138. The van der Waals surface area contributed by atoms with E-state index in [1.165, 1.54) is 18.5 Å². The van der Waals surface area contributed by atoms with Crippen molar-refractivity contribution in [1.82, 2.24) is 15.3 Å². The molecule has 1 aromatic heterocycles. The van der Waals surface area contributed by atoms with Crippen molar-refractivity contribution in [1.29, 1.82) is 0 Å². The Morgan fingerprint density at radius 3 is 2.64 bits per heavy atom. The fraction of sp³-hybridized carbons (Fsp3) is 0.227. The zero-order chi connectivity index (χ0) is 19.9. The average molecular weight is 379 g/mol. The molecule has 1 heterocycles. The number of halogens is 1. The van der Waals surface area contributed by atoms with Gasteiger partial charge in [-0.25, -0.2) is 14.4 Å². The highest BCUT2D eigenvalue weighted by Gasteiger charge is 2.09. The smallest absolute Gasteiger partial charge is 0.251 e. The van der Waals surface area contributed by atoms with Gasteiger partial charge < -0.3 is 10.1 Å². The number of amides is 1. The summed E-state index contributed by atoms with van der Waals surface area (Å²) in [7, 11) is 0. The summed E-state index contributed by atoms with van der Waals surface area (Å²) in [5, 5.41) is 2.91. The highest BCUT2D eigenvalue weighted by atomic mass is 19.1. The maximum atomic E-state index is 13.1. The van der Waals surface area contributed by atoms with Crippen molar-refractivity contribution >= 4 is 5.91 Å². The van der Waals surface area contributed by atoms with E-state index in [0.29, 0.717) is 35.3 Å². The lowest BCUT2D eigenvalue weighted by Crippen LogP contribution is -2.25. The van der Waals surface area contributed by atoms with E-state index in [-0.39, 0.29) is 11.7 Å². The topological polar surface area (TPSA) is 64.1 Å². The van der Waals surface area contributed by atoms with Gasteiger partial charge in [0.25, 0.3) is 5.91 Å². The Labute approximate surface area is 163 Å². The van der Waals surface area contributed by atoms with Gasteiger partial charge in [-0.05, 0) is 54.8 Å². The summed E-state index contributed by atoms with van der Waals surface area (Å²) in [6.07, 6.45) is 2.31. The summed E-state index contributed by atoms with van der Waals surface area (Å²) in [4.78, 5) is 20.6. The number of benzene rings is 2. The highest BCUT2D eigenvalue weighted by molar-refractivity contribution is 5.94. The van der Waals surface area contributed by atoms with Crippen molar-refractivity contribution < 1.29 is 13.9 Å². The molecule has 144 valence electrons. The summed E-state index contributed by atoms with van der Waals surface area (Å²) in [5.41, 5.74) is 1.90. The quantitative estimate of drug-likeness (QED) is 0.637. The monoisotopic (exact) mass is 379 g/mol. The van der Waals surface area contributed by atoms with Crippen LogP contribution in [0.5, 0.6) is 11.6 Å². The van der Waals surface area contributed by atoms with Crippen molar-refractivity contribution in [2.45, 2.75) is 20.3 Å². The second-order valence-corrected chi connectivity index (χ2v) is 6.82. The number of hydrogen-bond acceptors (Lipinski definition) is 4. The summed E-state index contributed by atoms with van der Waals surface area (Å²) in [5.74, 6) is 0.925. The summed E-state index contributed by atoms with van der Waals surface area (Å²) in [6.45, 7) is 4.86. The van der Waals surface area contributed by atoms with E-state index in [1.54, 1.807) is 42.5 Å². The molecule has 28 heavy (non-hydrogen) atoms. The standard InChI is InChI=1S/C22H22FN3O2/c1-15(2)10-11-24-22(27)17-4-3-5-19(12-17)28-21-13-20(25-14-26-21)16-6-8-18(23)9-7-16/h3-9,12-15H,10-11H2,1-2H3,(H,24,27). The van der Waals surface area contributed by atoms with Crippen LogP contribution in [-0.2, 0) is 0 Å². The zero-order valence-electron chi connectivity index (χ0n) is 15.9. The number of hydrogen-bond donors (Lipinski definition) is 1. The lowest BCUT2D eigenvalue weighted by atomic mass is 10.1. The minimum atomic E-state index is -0.308. The van der Waals surface area contributed by atoms with Gasteiger partial charge in [-0.3, -0.25) is 4.79 Å². The highest BCUT2D eigenvalue weighted by Crippen LogP contribution is 2.24. The average Bonchev–Trinajstić information content (AvgIpc) is 2.68. The van der Waals surface area contributed by atoms with Crippen molar-refractivity contribution in [2.24, 2.45) is 5.92 Å². The molecule has 1 N–H and O–H groups in total. The molecule has 0 aliphatic heterocycles. The number of nitrogens with zero attached hydrogens (tertiary/aromatic N) is 2. The first-order chi connectivity index (χ1) is 13.5. The Kier molecular flexibility index (Phi) is 6.32. The summed E-state index contributed by atoms with van der Waals surface area (Å²) in [6, 6.07) is 14.6. The van der Waals surface area contributed by atoms with E-state index in [1.807, 2.05) is 0 Å². The number of carbonyl (C=O) groups excluding carboxylic acids is 1. The van der Waals surface area contributed by atoms with Crippen molar-refractivity contribution in [3.63, 3.8) is 0 Å². The molecule has 5 nitrogen and oxygen atoms in total. The molecule has 0 radical (unpaired) electrons. The first kappa shape index (κ1) is 19.5. The predicted octanol–water partition coefficient (Wildman–Crippen LogP) is 4.85. The maximum absolute atomic E-state index is 13.1. The molecule has 0 atom stereocenters. The second kappa shape index (κ2) is 9.08. The Morgan fingerprint density at radius 2 is 1.89 bits per heavy atom. The van der Waals surface area contributed by atoms with Crippen LogP contribution in [0.4, 0.5) is 4.39 Å². The van der Waals surface area contributed by atoms with Crippen LogP contribution in [0, 0.1) is 11.7 Å². The first-order valence-corrected chi connectivity index (χ1v) is 9.15. The Morgan fingerprint density at radius 1 is 1.11 bits per heavy atom. The molecule has 0 spiro atoms. The third-order valence-corrected chi connectivity index (χ3v) is 4.11. The van der Waals surface area contributed by atoms with E-state index >= 15 is 0 Å². The molecule has 0 fully saturated rings. The molecule has 6 heteroatoms. The van der Waals surface area contributed by atoms with Crippen LogP contribution in [0.1, 0.15) is 30.6 Å². The third kappa shape index (κ3) is 5.36. The molecule has 2 aromatic carbocycles. The van der Waals surface area contributed by atoms with Crippen LogP contribution in [0.2, 0.25) is 0 Å². The molecule has 0 aliphatic carbocycles. The van der Waals surface area contributed by atoms with Crippen LogP contribution in [0.3, 0.4) is 0 Å². The predicted molar refractivity (Wildman–Crippen MR) is 106 cm³/mol. The van der Waals surface area contributed by atoms with Crippen LogP contribution >= 0.6 is 0 Å². The molecule has 0 saturated carbocycles. The Hall–Kier alpha value is -3.28. The van der Waals surface area contributed by atoms with Crippen molar-refractivity contribution in [3.8, 4) is 22.9 Å². The molecule has 3 rings (SSSR count).